The predicted octanol–water partition coefficient (Wildman–Crippen LogP) is 2.89. The average molecular weight is 339 g/mol. The zero-order chi connectivity index (χ0) is 16.4. The zero-order valence-electron chi connectivity index (χ0n) is 12.6. The summed E-state index contributed by atoms with van der Waals surface area (Å²) >= 11 is 6.06. The smallest absolute Gasteiger partial charge is 0.289 e. The fourth-order valence-corrected chi connectivity index (χ4v) is 3.15. The summed E-state index contributed by atoms with van der Waals surface area (Å²) in [6.45, 7) is 0. The van der Waals surface area contributed by atoms with E-state index in [1.54, 1.807) is 0 Å². The largest absolute Gasteiger partial charge is 0.366 e. The monoisotopic (exact) mass is 338 g/mol. The first-order valence-electron chi connectivity index (χ1n) is 7.90. The van der Waals surface area contributed by atoms with Gasteiger partial charge in [0, 0.05) is 24.1 Å². The van der Waals surface area contributed by atoms with Crippen LogP contribution >= 0.6 is 11.6 Å². The van der Waals surface area contributed by atoms with E-state index in [0.29, 0.717) is 11.9 Å². The van der Waals surface area contributed by atoms with E-state index in [1.807, 2.05) is 0 Å². The topological polar surface area (TPSA) is 97.2 Å². The third-order valence-electron chi connectivity index (χ3n) is 4.35. The molecule has 8 heteroatoms. The fourth-order valence-electron chi connectivity index (χ4n) is 2.93. The van der Waals surface area contributed by atoms with Crippen molar-refractivity contribution in [3.63, 3.8) is 0 Å². The van der Waals surface area contributed by atoms with Gasteiger partial charge in [0.15, 0.2) is 0 Å². The second kappa shape index (κ2) is 6.70. The first kappa shape index (κ1) is 16.0. The van der Waals surface area contributed by atoms with Gasteiger partial charge in [0.05, 0.1) is 9.95 Å². The summed E-state index contributed by atoms with van der Waals surface area (Å²) in [5, 5.41) is 17.2. The van der Waals surface area contributed by atoms with Crippen LogP contribution in [0.15, 0.2) is 12.3 Å². The Morgan fingerprint density at radius 3 is 2.74 bits per heavy atom. The van der Waals surface area contributed by atoms with Gasteiger partial charge in [-0.25, -0.2) is 4.98 Å². The molecular weight excluding hydrogens is 320 g/mol. The Hall–Kier alpha value is -1.89. The molecule has 0 aromatic carbocycles. The molecule has 2 unspecified atom stereocenters. The van der Waals surface area contributed by atoms with Gasteiger partial charge in [0.25, 0.3) is 5.69 Å². The quantitative estimate of drug-likeness (QED) is 0.635. The minimum atomic E-state index is -0.526. The minimum absolute atomic E-state index is 0.0127. The highest BCUT2D eigenvalue weighted by Crippen LogP contribution is 2.30. The van der Waals surface area contributed by atoms with Gasteiger partial charge < -0.3 is 10.6 Å². The van der Waals surface area contributed by atoms with Crippen molar-refractivity contribution >= 4 is 29.0 Å². The van der Waals surface area contributed by atoms with Crippen LogP contribution in [0.3, 0.4) is 0 Å². The van der Waals surface area contributed by atoms with E-state index in [-0.39, 0.29) is 28.6 Å². The number of carbonyl (C=O) groups excluding carboxylic acids is 1. The van der Waals surface area contributed by atoms with Crippen LogP contribution < -0.4 is 10.6 Å². The number of hydrogen-bond acceptors (Lipinski definition) is 5. The molecule has 1 heterocycles. The molecule has 1 aromatic heterocycles. The first-order valence-corrected chi connectivity index (χ1v) is 8.27. The van der Waals surface area contributed by atoms with Gasteiger partial charge in [-0.1, -0.05) is 18.0 Å². The van der Waals surface area contributed by atoms with E-state index in [0.717, 1.165) is 38.5 Å². The molecule has 1 amide bonds. The van der Waals surface area contributed by atoms with Crippen molar-refractivity contribution in [2.24, 2.45) is 5.92 Å². The number of pyridine rings is 1. The fraction of sp³-hybridized carbons (Fsp3) is 0.600. The number of rotatable bonds is 5. The second-order valence-corrected chi connectivity index (χ2v) is 6.68. The molecule has 2 aliphatic carbocycles. The summed E-state index contributed by atoms with van der Waals surface area (Å²) < 4.78 is 0. The SMILES string of the molecule is O=C(NC1CC1)C1CCCC(Nc2ncc([N+](=O)[O-])cc2Cl)C1. The number of aromatic nitrogens is 1. The number of nitro groups is 1. The van der Waals surface area contributed by atoms with Gasteiger partial charge in [0.2, 0.25) is 5.91 Å². The predicted molar refractivity (Wildman–Crippen MR) is 86.4 cm³/mol. The van der Waals surface area contributed by atoms with Crippen molar-refractivity contribution < 1.29 is 9.72 Å². The van der Waals surface area contributed by atoms with Crippen molar-refractivity contribution in [2.45, 2.75) is 50.6 Å². The summed E-state index contributed by atoms with van der Waals surface area (Å²) in [6, 6.07) is 1.77. The number of anilines is 1. The average Bonchev–Trinajstić information content (AvgIpc) is 3.33. The van der Waals surface area contributed by atoms with Crippen molar-refractivity contribution in [3.8, 4) is 0 Å². The maximum atomic E-state index is 12.2. The molecule has 2 saturated carbocycles. The Bertz CT molecular complexity index is 621. The number of halogens is 1. The summed E-state index contributed by atoms with van der Waals surface area (Å²) in [5.41, 5.74) is -0.133. The van der Waals surface area contributed by atoms with Crippen LogP contribution in [0.5, 0.6) is 0 Å². The molecule has 2 fully saturated rings. The van der Waals surface area contributed by atoms with Crippen LogP contribution in [0.2, 0.25) is 5.02 Å². The molecule has 0 aliphatic heterocycles. The van der Waals surface area contributed by atoms with E-state index in [9.17, 15) is 14.9 Å². The normalized spacial score (nSPS) is 24.0. The van der Waals surface area contributed by atoms with Crippen molar-refractivity contribution in [2.75, 3.05) is 5.32 Å². The molecular formula is C15H19ClN4O3. The van der Waals surface area contributed by atoms with Crippen LogP contribution in [-0.4, -0.2) is 27.9 Å². The molecule has 0 radical (unpaired) electrons. The Kier molecular flexibility index (Phi) is 4.66. The van der Waals surface area contributed by atoms with Gasteiger partial charge in [0.1, 0.15) is 12.0 Å². The lowest BCUT2D eigenvalue weighted by atomic mass is 9.85. The summed E-state index contributed by atoms with van der Waals surface area (Å²) in [5.74, 6) is 0.589. The molecule has 2 atom stereocenters. The second-order valence-electron chi connectivity index (χ2n) is 6.27. The molecule has 23 heavy (non-hydrogen) atoms. The molecule has 2 aliphatic rings. The zero-order valence-corrected chi connectivity index (χ0v) is 13.4. The number of nitrogens with zero attached hydrogens (tertiary/aromatic N) is 2. The van der Waals surface area contributed by atoms with E-state index >= 15 is 0 Å². The van der Waals surface area contributed by atoms with Crippen molar-refractivity contribution in [1.82, 2.24) is 10.3 Å². The van der Waals surface area contributed by atoms with E-state index in [1.165, 1.54) is 12.3 Å². The standard InChI is InChI=1S/C15H19ClN4O3/c16-13-7-12(20(22)23)8-17-14(13)18-11-3-1-2-9(6-11)15(21)19-10-4-5-10/h7-11H,1-6H2,(H,17,18)(H,19,21). The lowest BCUT2D eigenvalue weighted by Gasteiger charge is -2.29. The number of hydrogen-bond donors (Lipinski definition) is 2. The lowest BCUT2D eigenvalue weighted by Crippen LogP contribution is -2.38. The molecule has 0 spiro atoms. The van der Waals surface area contributed by atoms with Crippen LogP contribution in [0, 0.1) is 16.0 Å². The molecule has 3 rings (SSSR count). The minimum Gasteiger partial charge on any atom is -0.366 e. The van der Waals surface area contributed by atoms with Gasteiger partial charge in [-0.15, -0.1) is 0 Å². The van der Waals surface area contributed by atoms with E-state index in [4.69, 9.17) is 11.6 Å². The molecule has 2 N–H and O–H groups in total. The maximum Gasteiger partial charge on any atom is 0.289 e. The van der Waals surface area contributed by atoms with Crippen LogP contribution in [0.1, 0.15) is 38.5 Å². The van der Waals surface area contributed by atoms with E-state index < -0.39 is 4.92 Å². The van der Waals surface area contributed by atoms with Crippen LogP contribution in [-0.2, 0) is 4.79 Å². The van der Waals surface area contributed by atoms with Crippen LogP contribution in [0.25, 0.3) is 0 Å². The third-order valence-corrected chi connectivity index (χ3v) is 4.64. The Morgan fingerprint density at radius 1 is 1.30 bits per heavy atom. The Morgan fingerprint density at radius 2 is 2.09 bits per heavy atom. The van der Waals surface area contributed by atoms with Crippen LogP contribution in [0.4, 0.5) is 11.5 Å². The molecule has 7 nitrogen and oxygen atoms in total. The first-order chi connectivity index (χ1) is 11.0. The van der Waals surface area contributed by atoms with Crippen molar-refractivity contribution in [3.05, 3.63) is 27.4 Å². The highest BCUT2D eigenvalue weighted by atomic mass is 35.5. The van der Waals surface area contributed by atoms with Crippen molar-refractivity contribution in [1.29, 1.82) is 0 Å². The third kappa shape index (κ3) is 4.10. The molecule has 0 saturated heterocycles. The summed E-state index contributed by atoms with van der Waals surface area (Å²) in [6.07, 6.45) is 6.89. The van der Waals surface area contributed by atoms with Gasteiger partial charge in [-0.3, -0.25) is 14.9 Å². The molecule has 0 bridgehead atoms. The Labute approximate surface area is 139 Å². The summed E-state index contributed by atoms with van der Waals surface area (Å²) in [4.78, 5) is 26.4. The van der Waals surface area contributed by atoms with Gasteiger partial charge >= 0.3 is 0 Å². The molecule has 124 valence electrons. The number of amides is 1. The van der Waals surface area contributed by atoms with E-state index in [2.05, 4.69) is 15.6 Å². The Balaban J connectivity index is 1.60. The van der Waals surface area contributed by atoms with Gasteiger partial charge in [-0.05, 0) is 32.1 Å². The highest BCUT2D eigenvalue weighted by Gasteiger charge is 2.31. The lowest BCUT2D eigenvalue weighted by molar-refractivity contribution is -0.385. The molecule has 1 aromatic rings. The number of nitrogens with one attached hydrogen (secondary N) is 2. The van der Waals surface area contributed by atoms with Gasteiger partial charge in [-0.2, -0.15) is 0 Å². The summed E-state index contributed by atoms with van der Waals surface area (Å²) in [7, 11) is 0. The maximum absolute atomic E-state index is 12.2. The highest BCUT2D eigenvalue weighted by molar-refractivity contribution is 6.33. The number of carbonyl (C=O) groups is 1.